The summed E-state index contributed by atoms with van der Waals surface area (Å²) in [7, 11) is 0.985. The molecule has 8 heteroatoms. The summed E-state index contributed by atoms with van der Waals surface area (Å²) in [4.78, 5) is 29.3. The summed E-state index contributed by atoms with van der Waals surface area (Å²) in [6, 6.07) is 8.69. The van der Waals surface area contributed by atoms with Gasteiger partial charge in [-0.1, -0.05) is 44.2 Å². The van der Waals surface area contributed by atoms with E-state index < -0.39 is 17.9 Å². The molecule has 1 aromatic carbocycles. The van der Waals surface area contributed by atoms with Crippen LogP contribution in [0.4, 0.5) is 0 Å². The lowest BCUT2D eigenvalue weighted by molar-refractivity contribution is -0.126. The Morgan fingerprint density at radius 2 is 2.00 bits per heavy atom. The molecule has 0 aromatic heterocycles. The van der Waals surface area contributed by atoms with E-state index in [2.05, 4.69) is 20.9 Å². The highest BCUT2D eigenvalue weighted by atomic mass is 16.2. The number of carbonyl (C=O) groups is 2. The predicted molar refractivity (Wildman–Crippen MR) is 106 cm³/mol. The second kappa shape index (κ2) is 10.5. The first-order chi connectivity index (χ1) is 13.0. The van der Waals surface area contributed by atoms with E-state index in [0.29, 0.717) is 31.0 Å². The second-order valence-electron chi connectivity index (χ2n) is 6.88. The zero-order valence-corrected chi connectivity index (χ0v) is 15.7. The average molecular weight is 369 g/mol. The Bertz CT molecular complexity index is 691. The lowest BCUT2D eigenvalue weighted by atomic mass is 9.82. The van der Waals surface area contributed by atoms with E-state index in [0.717, 1.165) is 13.0 Å². The van der Waals surface area contributed by atoms with Gasteiger partial charge < -0.3 is 21.0 Å². The van der Waals surface area contributed by atoms with Crippen molar-refractivity contribution >= 4 is 25.0 Å². The molecule has 0 spiro atoms. The zero-order chi connectivity index (χ0) is 19.6. The molecule has 27 heavy (non-hydrogen) atoms. The van der Waals surface area contributed by atoms with Crippen LogP contribution in [0.1, 0.15) is 25.8 Å². The van der Waals surface area contributed by atoms with E-state index in [4.69, 9.17) is 0 Å². The van der Waals surface area contributed by atoms with E-state index in [1.807, 2.05) is 44.2 Å². The van der Waals surface area contributed by atoms with Crippen molar-refractivity contribution in [2.45, 2.75) is 38.7 Å². The number of amides is 2. The molecular formula is C19H26BN4O3. The highest BCUT2D eigenvalue weighted by molar-refractivity contribution is 6.40. The number of hydrogen-bond donors (Lipinski definition) is 4. The molecule has 0 aliphatic carbocycles. The summed E-state index contributed by atoms with van der Waals surface area (Å²) < 4.78 is 0. The number of aliphatic imine (C=N–C) groups is 1. The van der Waals surface area contributed by atoms with Gasteiger partial charge in [0.1, 0.15) is 11.8 Å². The molecule has 0 saturated carbocycles. The lowest BCUT2D eigenvalue weighted by Crippen LogP contribution is -2.54. The van der Waals surface area contributed by atoms with Gasteiger partial charge in [0.2, 0.25) is 5.91 Å². The summed E-state index contributed by atoms with van der Waals surface area (Å²) >= 11 is 0. The Kier molecular flexibility index (Phi) is 8.07. The Morgan fingerprint density at radius 3 is 2.59 bits per heavy atom. The largest absolute Gasteiger partial charge is 0.452 e. The average Bonchev–Trinajstić information content (AvgIpc) is 2.68. The van der Waals surface area contributed by atoms with Crippen LogP contribution >= 0.6 is 0 Å². The third kappa shape index (κ3) is 6.90. The van der Waals surface area contributed by atoms with Crippen LogP contribution in [0, 0.1) is 5.92 Å². The van der Waals surface area contributed by atoms with Gasteiger partial charge in [-0.3, -0.25) is 14.6 Å². The molecule has 1 aliphatic heterocycles. The van der Waals surface area contributed by atoms with E-state index in [9.17, 15) is 14.6 Å². The van der Waals surface area contributed by atoms with Crippen LogP contribution in [0.25, 0.3) is 0 Å². The fraction of sp³-hybridized carbons (Fsp3) is 0.421. The monoisotopic (exact) mass is 369 g/mol. The van der Waals surface area contributed by atoms with E-state index in [-0.39, 0.29) is 5.91 Å². The Morgan fingerprint density at radius 1 is 1.26 bits per heavy atom. The molecule has 2 atom stereocenters. The summed E-state index contributed by atoms with van der Waals surface area (Å²) in [5.41, 5.74) is 1.24. The van der Waals surface area contributed by atoms with Gasteiger partial charge in [-0.15, -0.1) is 0 Å². The fourth-order valence-electron chi connectivity index (χ4n) is 2.77. The molecule has 1 heterocycles. The molecule has 0 bridgehead atoms. The van der Waals surface area contributed by atoms with Crippen molar-refractivity contribution in [3.8, 4) is 0 Å². The number of nitrogens with one attached hydrogen (secondary N) is 3. The molecule has 1 aromatic rings. The van der Waals surface area contributed by atoms with Crippen molar-refractivity contribution in [3.05, 3.63) is 48.3 Å². The number of benzene rings is 1. The van der Waals surface area contributed by atoms with Crippen LogP contribution in [0.2, 0.25) is 0 Å². The summed E-state index contributed by atoms with van der Waals surface area (Å²) in [6.45, 7) is 4.32. The van der Waals surface area contributed by atoms with Crippen LogP contribution in [0.5, 0.6) is 0 Å². The van der Waals surface area contributed by atoms with Gasteiger partial charge in [0.05, 0.1) is 6.54 Å². The Labute approximate surface area is 160 Å². The molecule has 1 radical (unpaired) electrons. The molecular weight excluding hydrogens is 343 g/mol. The summed E-state index contributed by atoms with van der Waals surface area (Å²) in [5, 5.41) is 17.9. The van der Waals surface area contributed by atoms with Crippen molar-refractivity contribution in [1.29, 1.82) is 0 Å². The van der Waals surface area contributed by atoms with Gasteiger partial charge in [0, 0.05) is 24.8 Å². The van der Waals surface area contributed by atoms with Crippen molar-refractivity contribution < 1.29 is 14.6 Å². The van der Waals surface area contributed by atoms with Crippen LogP contribution in [-0.2, 0) is 16.0 Å². The number of rotatable bonds is 9. The normalized spacial score (nSPS) is 15.3. The number of nitrogens with zero attached hydrogens (tertiary/aromatic N) is 1. The van der Waals surface area contributed by atoms with Crippen molar-refractivity contribution in [1.82, 2.24) is 16.0 Å². The first-order valence-electron chi connectivity index (χ1n) is 9.07. The van der Waals surface area contributed by atoms with Crippen molar-refractivity contribution in [2.24, 2.45) is 10.9 Å². The van der Waals surface area contributed by atoms with E-state index in [1.165, 1.54) is 6.20 Å². The maximum atomic E-state index is 12.8. The second-order valence-corrected chi connectivity index (χ2v) is 6.88. The zero-order valence-electron chi connectivity index (χ0n) is 15.7. The van der Waals surface area contributed by atoms with Crippen molar-refractivity contribution in [2.75, 3.05) is 6.54 Å². The van der Waals surface area contributed by atoms with E-state index in [1.54, 1.807) is 6.20 Å². The lowest BCUT2D eigenvalue weighted by Gasteiger charge is -2.23. The highest BCUT2D eigenvalue weighted by Gasteiger charge is 2.26. The number of hydrogen-bond acceptors (Lipinski definition) is 5. The quantitative estimate of drug-likeness (QED) is 0.471. The van der Waals surface area contributed by atoms with Gasteiger partial charge in [-0.05, 0) is 17.9 Å². The summed E-state index contributed by atoms with van der Waals surface area (Å²) in [5.74, 6) is -0.904. The SMILES string of the molecule is CC(C)C[C@@H]([B]O)NC(=O)[C@H](Cc1ccccc1)NC(=O)C1=NC=CNC1. The molecule has 0 unspecified atom stereocenters. The van der Waals surface area contributed by atoms with Crippen LogP contribution in [0.15, 0.2) is 47.7 Å². The van der Waals surface area contributed by atoms with Gasteiger partial charge in [-0.2, -0.15) is 0 Å². The number of carbonyl (C=O) groups excluding carboxylic acids is 2. The Hall–Kier alpha value is -2.61. The first kappa shape index (κ1) is 20.7. The van der Waals surface area contributed by atoms with Crippen molar-refractivity contribution in [3.63, 3.8) is 0 Å². The van der Waals surface area contributed by atoms with Crippen LogP contribution < -0.4 is 16.0 Å². The minimum atomic E-state index is -0.775. The summed E-state index contributed by atoms with van der Waals surface area (Å²) in [6.07, 6.45) is 4.10. The van der Waals surface area contributed by atoms with Gasteiger partial charge in [0.15, 0.2) is 0 Å². The van der Waals surface area contributed by atoms with Gasteiger partial charge >= 0.3 is 7.48 Å². The van der Waals surface area contributed by atoms with Crippen LogP contribution in [-0.4, -0.2) is 48.6 Å². The smallest absolute Gasteiger partial charge is 0.311 e. The minimum absolute atomic E-state index is 0.301. The topological polar surface area (TPSA) is 103 Å². The van der Waals surface area contributed by atoms with Gasteiger partial charge in [0.25, 0.3) is 5.91 Å². The predicted octanol–water partition coefficient (Wildman–Crippen LogP) is 0.329. The molecule has 7 nitrogen and oxygen atoms in total. The molecule has 2 rings (SSSR count). The maximum absolute atomic E-state index is 12.8. The molecule has 0 saturated heterocycles. The third-order valence-corrected chi connectivity index (χ3v) is 4.09. The standard InChI is InChI=1S/C19H26BN4O3/c1-13(2)10-17(20-27)24-18(25)15(11-14-6-4-3-5-7-14)23-19(26)16-12-21-8-9-22-16/h3-9,13,15,17,21,27H,10-12H2,1-2H3,(H,23,26)(H,24,25)/t15-,17-/m0/s1. The fourth-order valence-corrected chi connectivity index (χ4v) is 2.77. The highest BCUT2D eigenvalue weighted by Crippen LogP contribution is 2.07. The molecule has 0 fully saturated rings. The molecule has 2 amide bonds. The molecule has 143 valence electrons. The minimum Gasteiger partial charge on any atom is -0.452 e. The molecule has 1 aliphatic rings. The van der Waals surface area contributed by atoms with Crippen LogP contribution in [0.3, 0.4) is 0 Å². The third-order valence-electron chi connectivity index (χ3n) is 4.09. The van der Waals surface area contributed by atoms with E-state index >= 15 is 0 Å². The van der Waals surface area contributed by atoms with Gasteiger partial charge in [-0.25, -0.2) is 0 Å². The first-order valence-corrected chi connectivity index (χ1v) is 9.07. The Balaban J connectivity index is 2.10. The maximum Gasteiger partial charge on any atom is 0.311 e. The molecule has 4 N–H and O–H groups in total.